The number of aromatic nitrogens is 2. The standard InChI is InChI=1S/C10H10N2O.C8H16N2O.CH4/c1-2-9-7-5-3-4-6-8(7)10(13)12-11-9;1-7(11)10-5-4-9-8(2,3)6-10;/h3-6H,2H2,1H3,(H,12,13);9H,4-6H2,1-3H3;1H4. The van der Waals surface area contributed by atoms with Crippen molar-refractivity contribution in [1.82, 2.24) is 20.4 Å². The Labute approximate surface area is 149 Å². The van der Waals surface area contributed by atoms with Crippen LogP contribution in [-0.4, -0.2) is 46.2 Å². The number of hydrogen-bond donors (Lipinski definition) is 2. The molecule has 2 aromatic rings. The molecule has 1 aliphatic rings. The smallest absolute Gasteiger partial charge is 0.272 e. The molecule has 0 unspecified atom stereocenters. The Kier molecular flexibility index (Phi) is 7.30. The maximum absolute atomic E-state index is 11.3. The minimum Gasteiger partial charge on any atom is -0.340 e. The van der Waals surface area contributed by atoms with Gasteiger partial charge in [-0.25, -0.2) is 5.10 Å². The summed E-state index contributed by atoms with van der Waals surface area (Å²) in [6.07, 6.45) is 0.831. The molecule has 2 heterocycles. The summed E-state index contributed by atoms with van der Waals surface area (Å²) < 4.78 is 0. The van der Waals surface area contributed by atoms with E-state index in [2.05, 4.69) is 29.4 Å². The lowest BCUT2D eigenvalue weighted by molar-refractivity contribution is -0.130. The fourth-order valence-corrected chi connectivity index (χ4v) is 2.85. The predicted octanol–water partition coefficient (Wildman–Crippen LogP) is 2.34. The van der Waals surface area contributed by atoms with Gasteiger partial charge in [-0.15, -0.1) is 0 Å². The van der Waals surface area contributed by atoms with Crippen LogP contribution >= 0.6 is 0 Å². The molecule has 25 heavy (non-hydrogen) atoms. The van der Waals surface area contributed by atoms with Gasteiger partial charge >= 0.3 is 0 Å². The van der Waals surface area contributed by atoms with Crippen LogP contribution in [-0.2, 0) is 11.2 Å². The zero-order valence-electron chi connectivity index (χ0n) is 14.8. The number of aromatic amines is 1. The van der Waals surface area contributed by atoms with E-state index in [-0.39, 0.29) is 24.4 Å². The summed E-state index contributed by atoms with van der Waals surface area (Å²) in [6.45, 7) is 10.5. The fourth-order valence-electron chi connectivity index (χ4n) is 2.85. The minimum atomic E-state index is -0.118. The molecule has 3 rings (SSSR count). The van der Waals surface area contributed by atoms with Crippen molar-refractivity contribution < 1.29 is 4.79 Å². The molecule has 1 amide bonds. The number of hydrogen-bond acceptors (Lipinski definition) is 4. The van der Waals surface area contributed by atoms with Crippen molar-refractivity contribution >= 4 is 16.7 Å². The van der Waals surface area contributed by atoms with E-state index in [1.807, 2.05) is 36.1 Å². The molecule has 1 fully saturated rings. The topological polar surface area (TPSA) is 78.1 Å². The highest BCUT2D eigenvalue weighted by Crippen LogP contribution is 2.12. The van der Waals surface area contributed by atoms with Crippen molar-refractivity contribution in [2.45, 2.75) is 47.1 Å². The Bertz CT molecular complexity index is 767. The van der Waals surface area contributed by atoms with Gasteiger partial charge in [0.1, 0.15) is 0 Å². The van der Waals surface area contributed by atoms with E-state index in [9.17, 15) is 9.59 Å². The van der Waals surface area contributed by atoms with Gasteiger partial charge in [-0.05, 0) is 26.3 Å². The molecular formula is C19H30N4O2. The maximum Gasteiger partial charge on any atom is 0.272 e. The first-order valence-corrected chi connectivity index (χ1v) is 8.31. The largest absolute Gasteiger partial charge is 0.340 e. The third-order valence-corrected chi connectivity index (χ3v) is 4.13. The second-order valence-corrected chi connectivity index (χ2v) is 6.65. The van der Waals surface area contributed by atoms with Crippen LogP contribution in [0.2, 0.25) is 0 Å². The number of fused-ring (bicyclic) bond motifs is 1. The van der Waals surface area contributed by atoms with Crippen LogP contribution in [0.1, 0.15) is 40.8 Å². The number of benzene rings is 1. The van der Waals surface area contributed by atoms with Crippen molar-refractivity contribution in [3.05, 3.63) is 40.3 Å². The summed E-state index contributed by atoms with van der Waals surface area (Å²) in [4.78, 5) is 24.2. The van der Waals surface area contributed by atoms with E-state index in [4.69, 9.17) is 0 Å². The van der Waals surface area contributed by atoms with E-state index in [0.29, 0.717) is 5.39 Å². The van der Waals surface area contributed by atoms with E-state index >= 15 is 0 Å². The van der Waals surface area contributed by atoms with E-state index in [1.165, 1.54) is 0 Å². The Hall–Kier alpha value is -2.21. The summed E-state index contributed by atoms with van der Waals surface area (Å²) in [6, 6.07) is 7.52. The highest BCUT2D eigenvalue weighted by molar-refractivity contribution is 5.83. The normalized spacial score (nSPS) is 15.8. The van der Waals surface area contributed by atoms with E-state index in [0.717, 1.165) is 37.1 Å². The molecule has 0 aliphatic carbocycles. The second-order valence-electron chi connectivity index (χ2n) is 6.65. The number of carbonyl (C=O) groups is 1. The third-order valence-electron chi connectivity index (χ3n) is 4.13. The number of aryl methyl sites for hydroxylation is 1. The van der Waals surface area contributed by atoms with Crippen molar-refractivity contribution in [1.29, 1.82) is 0 Å². The molecule has 1 aromatic carbocycles. The molecule has 1 aromatic heterocycles. The summed E-state index contributed by atoms with van der Waals surface area (Å²) in [5.74, 6) is 0.180. The lowest BCUT2D eigenvalue weighted by Crippen LogP contribution is -2.57. The summed E-state index contributed by atoms with van der Waals surface area (Å²) in [5, 5.41) is 11.5. The lowest BCUT2D eigenvalue weighted by Gasteiger charge is -2.38. The summed E-state index contributed by atoms with van der Waals surface area (Å²) in [7, 11) is 0. The first kappa shape index (κ1) is 20.8. The van der Waals surface area contributed by atoms with Crippen molar-refractivity contribution in [3.63, 3.8) is 0 Å². The van der Waals surface area contributed by atoms with E-state index < -0.39 is 0 Å². The molecule has 0 saturated carbocycles. The molecular weight excluding hydrogens is 316 g/mol. The van der Waals surface area contributed by atoms with Gasteiger partial charge in [0.15, 0.2) is 0 Å². The van der Waals surface area contributed by atoms with Crippen molar-refractivity contribution in [3.8, 4) is 0 Å². The fraction of sp³-hybridized carbons (Fsp3) is 0.526. The van der Waals surface area contributed by atoms with Gasteiger partial charge in [-0.3, -0.25) is 9.59 Å². The zero-order chi connectivity index (χ0) is 17.7. The minimum absolute atomic E-state index is 0. The number of amides is 1. The van der Waals surface area contributed by atoms with Gasteiger partial charge in [-0.1, -0.05) is 32.5 Å². The Morgan fingerprint density at radius 1 is 1.28 bits per heavy atom. The van der Waals surface area contributed by atoms with Gasteiger partial charge in [0.2, 0.25) is 5.91 Å². The predicted molar refractivity (Wildman–Crippen MR) is 103 cm³/mol. The Morgan fingerprint density at radius 2 is 1.92 bits per heavy atom. The molecule has 6 heteroatoms. The van der Waals surface area contributed by atoms with E-state index in [1.54, 1.807) is 6.92 Å². The van der Waals surface area contributed by atoms with Crippen LogP contribution in [0.25, 0.3) is 10.8 Å². The Balaban J connectivity index is 0.000000244. The number of nitrogens with zero attached hydrogens (tertiary/aromatic N) is 2. The van der Waals surface area contributed by atoms with Gasteiger partial charge in [0.25, 0.3) is 5.56 Å². The molecule has 2 N–H and O–H groups in total. The van der Waals surface area contributed by atoms with Crippen LogP contribution in [0.5, 0.6) is 0 Å². The molecule has 138 valence electrons. The molecule has 0 spiro atoms. The van der Waals surface area contributed by atoms with Gasteiger partial charge in [-0.2, -0.15) is 5.10 Å². The number of piperazine rings is 1. The first-order valence-electron chi connectivity index (χ1n) is 8.31. The summed E-state index contributed by atoms with van der Waals surface area (Å²) in [5.41, 5.74) is 0.909. The molecule has 0 bridgehead atoms. The molecule has 1 aliphatic heterocycles. The maximum atomic E-state index is 11.3. The molecule has 1 saturated heterocycles. The SMILES string of the molecule is C.CC(=O)N1CCNC(C)(C)C1.CCc1n[nH]c(=O)c2ccccc12. The van der Waals surface area contributed by atoms with Crippen molar-refractivity contribution in [2.75, 3.05) is 19.6 Å². The number of H-pyrrole nitrogens is 1. The van der Waals surface area contributed by atoms with Gasteiger partial charge in [0.05, 0.1) is 11.1 Å². The van der Waals surface area contributed by atoms with Crippen LogP contribution in [0.3, 0.4) is 0 Å². The Morgan fingerprint density at radius 3 is 2.44 bits per heavy atom. The van der Waals surface area contributed by atoms with Crippen LogP contribution in [0.15, 0.2) is 29.1 Å². The number of nitrogens with one attached hydrogen (secondary N) is 2. The monoisotopic (exact) mass is 346 g/mol. The van der Waals surface area contributed by atoms with Crippen LogP contribution in [0, 0.1) is 0 Å². The number of carbonyl (C=O) groups excluding carboxylic acids is 1. The van der Waals surface area contributed by atoms with Crippen LogP contribution in [0.4, 0.5) is 0 Å². The van der Waals surface area contributed by atoms with Crippen LogP contribution < -0.4 is 10.9 Å². The number of rotatable bonds is 1. The lowest BCUT2D eigenvalue weighted by atomic mass is 10.0. The highest BCUT2D eigenvalue weighted by atomic mass is 16.2. The average Bonchev–Trinajstić information content (AvgIpc) is 2.55. The van der Waals surface area contributed by atoms with Gasteiger partial charge < -0.3 is 10.2 Å². The summed E-state index contributed by atoms with van der Waals surface area (Å²) >= 11 is 0. The van der Waals surface area contributed by atoms with Gasteiger partial charge in [0, 0.05) is 37.5 Å². The highest BCUT2D eigenvalue weighted by Gasteiger charge is 2.26. The first-order chi connectivity index (χ1) is 11.3. The quantitative estimate of drug-likeness (QED) is 0.831. The molecule has 0 atom stereocenters. The zero-order valence-corrected chi connectivity index (χ0v) is 14.8. The van der Waals surface area contributed by atoms with Crippen molar-refractivity contribution in [2.24, 2.45) is 0 Å². The third kappa shape index (κ3) is 5.39. The molecule has 6 nitrogen and oxygen atoms in total. The average molecular weight is 346 g/mol. The second kappa shape index (κ2) is 8.76. The molecule has 0 radical (unpaired) electrons.